The molecule has 1 aliphatic rings. The van der Waals surface area contributed by atoms with Crippen molar-refractivity contribution >= 4 is 0 Å². The highest BCUT2D eigenvalue weighted by Crippen LogP contribution is 2.21. The van der Waals surface area contributed by atoms with Crippen LogP contribution in [0.5, 0.6) is 0 Å². The van der Waals surface area contributed by atoms with Gasteiger partial charge in [0, 0.05) is 0 Å². The second-order valence-electron chi connectivity index (χ2n) is 4.67. The molecule has 0 unspecified atom stereocenters. The Balaban J connectivity index is 1.87. The molecule has 21 heavy (non-hydrogen) atoms. The molecule has 1 aromatic rings. The summed E-state index contributed by atoms with van der Waals surface area (Å²) in [5.74, 6) is 0. The molecule has 0 aromatic carbocycles. The lowest BCUT2D eigenvalue weighted by molar-refractivity contribution is -0.301. The standard InChI is InChI=1S/C11H19N3O7/c15-4-6-3-12-13-14(6)1-2-20-11-10(19)9(18)8(17)7(5-16)21-11/h3,7-11,15-19H,1-2,4-5H2/t7-,8-,9+,10+,11+/m1/s1. The van der Waals surface area contributed by atoms with Crippen LogP contribution in [0.3, 0.4) is 0 Å². The van der Waals surface area contributed by atoms with E-state index in [2.05, 4.69) is 10.3 Å². The van der Waals surface area contributed by atoms with E-state index in [1.165, 1.54) is 10.9 Å². The number of aliphatic hydroxyl groups is 5. The first kappa shape index (κ1) is 16.2. The summed E-state index contributed by atoms with van der Waals surface area (Å²) in [5, 5.41) is 54.4. The average Bonchev–Trinajstić information content (AvgIpc) is 2.94. The maximum atomic E-state index is 9.76. The fourth-order valence-corrected chi connectivity index (χ4v) is 2.05. The molecule has 1 aliphatic heterocycles. The summed E-state index contributed by atoms with van der Waals surface area (Å²) in [6.45, 7) is -0.403. The molecule has 10 heteroatoms. The Morgan fingerprint density at radius 2 is 1.95 bits per heavy atom. The zero-order valence-corrected chi connectivity index (χ0v) is 11.2. The lowest BCUT2D eigenvalue weighted by Gasteiger charge is -2.39. The van der Waals surface area contributed by atoms with Crippen molar-refractivity contribution in [1.82, 2.24) is 15.0 Å². The van der Waals surface area contributed by atoms with Crippen LogP contribution in [0.15, 0.2) is 6.20 Å². The molecule has 1 aromatic heterocycles. The number of hydrogen-bond acceptors (Lipinski definition) is 9. The molecule has 120 valence electrons. The van der Waals surface area contributed by atoms with Gasteiger partial charge in [-0.15, -0.1) is 5.10 Å². The zero-order chi connectivity index (χ0) is 15.4. The molecule has 0 aliphatic carbocycles. The predicted octanol–water partition coefficient (Wildman–Crippen LogP) is -3.41. The van der Waals surface area contributed by atoms with Crippen molar-refractivity contribution in [2.45, 2.75) is 43.9 Å². The summed E-state index contributed by atoms with van der Waals surface area (Å²) in [4.78, 5) is 0. The van der Waals surface area contributed by atoms with E-state index in [-0.39, 0.29) is 19.8 Å². The summed E-state index contributed by atoms with van der Waals surface area (Å²) in [6.07, 6.45) is -5.10. The lowest BCUT2D eigenvalue weighted by Crippen LogP contribution is -2.59. The van der Waals surface area contributed by atoms with Gasteiger partial charge in [-0.2, -0.15) is 0 Å². The molecule has 0 bridgehead atoms. The minimum absolute atomic E-state index is 0.0685. The smallest absolute Gasteiger partial charge is 0.186 e. The van der Waals surface area contributed by atoms with E-state index in [9.17, 15) is 15.3 Å². The van der Waals surface area contributed by atoms with Gasteiger partial charge in [-0.3, -0.25) is 0 Å². The Morgan fingerprint density at radius 3 is 2.62 bits per heavy atom. The number of hydrogen-bond donors (Lipinski definition) is 5. The van der Waals surface area contributed by atoms with Crippen molar-refractivity contribution in [1.29, 1.82) is 0 Å². The highest BCUT2D eigenvalue weighted by molar-refractivity contribution is 4.91. The summed E-state index contributed by atoms with van der Waals surface area (Å²) in [7, 11) is 0. The number of aliphatic hydroxyl groups excluding tert-OH is 5. The van der Waals surface area contributed by atoms with E-state index >= 15 is 0 Å². The van der Waals surface area contributed by atoms with Crippen LogP contribution in [0.4, 0.5) is 0 Å². The lowest BCUT2D eigenvalue weighted by atomic mass is 9.99. The van der Waals surface area contributed by atoms with E-state index in [4.69, 9.17) is 19.7 Å². The number of nitrogens with zero attached hydrogens (tertiary/aromatic N) is 3. The Labute approximate surface area is 120 Å². The zero-order valence-electron chi connectivity index (χ0n) is 11.2. The van der Waals surface area contributed by atoms with Crippen molar-refractivity contribution in [3.8, 4) is 0 Å². The Hall–Kier alpha value is -1.14. The van der Waals surface area contributed by atoms with Crippen molar-refractivity contribution in [2.75, 3.05) is 13.2 Å². The third-order valence-corrected chi connectivity index (χ3v) is 3.29. The first-order valence-electron chi connectivity index (χ1n) is 6.48. The van der Waals surface area contributed by atoms with Crippen LogP contribution < -0.4 is 0 Å². The van der Waals surface area contributed by atoms with Crippen molar-refractivity contribution in [3.63, 3.8) is 0 Å². The van der Waals surface area contributed by atoms with Gasteiger partial charge in [0.25, 0.3) is 0 Å². The van der Waals surface area contributed by atoms with E-state index < -0.39 is 37.3 Å². The van der Waals surface area contributed by atoms with Gasteiger partial charge < -0.3 is 35.0 Å². The molecular weight excluding hydrogens is 286 g/mol. The molecule has 0 radical (unpaired) electrons. The first-order chi connectivity index (χ1) is 10.1. The molecule has 0 spiro atoms. The molecule has 5 N–H and O–H groups in total. The van der Waals surface area contributed by atoms with E-state index in [0.29, 0.717) is 5.69 Å². The van der Waals surface area contributed by atoms with Crippen LogP contribution in [0.1, 0.15) is 5.69 Å². The monoisotopic (exact) mass is 305 g/mol. The molecule has 2 heterocycles. The summed E-state index contributed by atoms with van der Waals surface area (Å²) in [6, 6.07) is 0. The molecule has 2 rings (SSSR count). The highest BCUT2D eigenvalue weighted by atomic mass is 16.7. The van der Waals surface area contributed by atoms with E-state index in [1.807, 2.05) is 0 Å². The quantitative estimate of drug-likeness (QED) is 0.362. The van der Waals surface area contributed by atoms with Crippen LogP contribution in [0.2, 0.25) is 0 Å². The van der Waals surface area contributed by atoms with Crippen LogP contribution >= 0.6 is 0 Å². The van der Waals surface area contributed by atoms with Gasteiger partial charge in [-0.1, -0.05) is 5.21 Å². The molecule has 10 nitrogen and oxygen atoms in total. The molecule has 5 atom stereocenters. The Bertz CT molecular complexity index is 441. The van der Waals surface area contributed by atoms with Gasteiger partial charge >= 0.3 is 0 Å². The SMILES string of the molecule is OCc1cnnn1CCO[C@H]1O[C@H](CO)[C@@H](O)[C@H](O)[C@@H]1O. The number of aromatic nitrogens is 3. The third kappa shape index (κ3) is 3.55. The second-order valence-corrected chi connectivity index (χ2v) is 4.67. The molecule has 1 fully saturated rings. The second kappa shape index (κ2) is 7.22. The summed E-state index contributed by atoms with van der Waals surface area (Å²) >= 11 is 0. The van der Waals surface area contributed by atoms with Crippen LogP contribution in [0, 0.1) is 0 Å². The van der Waals surface area contributed by atoms with Gasteiger partial charge in [0.05, 0.1) is 38.3 Å². The van der Waals surface area contributed by atoms with Crippen molar-refractivity contribution < 1.29 is 35.0 Å². The van der Waals surface area contributed by atoms with Gasteiger partial charge in [0.15, 0.2) is 6.29 Å². The van der Waals surface area contributed by atoms with Crippen LogP contribution in [-0.2, 0) is 22.6 Å². The van der Waals surface area contributed by atoms with Crippen LogP contribution in [0.25, 0.3) is 0 Å². The highest BCUT2D eigenvalue weighted by Gasteiger charge is 2.43. The van der Waals surface area contributed by atoms with Gasteiger partial charge in [0.2, 0.25) is 0 Å². The predicted molar refractivity (Wildman–Crippen MR) is 65.7 cm³/mol. The topological polar surface area (TPSA) is 150 Å². The average molecular weight is 305 g/mol. The molecule has 1 saturated heterocycles. The Kier molecular flexibility index (Phi) is 5.58. The van der Waals surface area contributed by atoms with Crippen molar-refractivity contribution in [3.05, 3.63) is 11.9 Å². The molecular formula is C11H19N3O7. The van der Waals surface area contributed by atoms with Crippen molar-refractivity contribution in [2.24, 2.45) is 0 Å². The van der Waals surface area contributed by atoms with Crippen LogP contribution in [-0.4, -0.2) is 84.4 Å². The molecule has 0 amide bonds. The number of rotatable bonds is 6. The third-order valence-electron chi connectivity index (χ3n) is 3.29. The van der Waals surface area contributed by atoms with Gasteiger partial charge in [-0.25, -0.2) is 4.68 Å². The van der Waals surface area contributed by atoms with E-state index in [1.54, 1.807) is 0 Å². The fourth-order valence-electron chi connectivity index (χ4n) is 2.05. The summed E-state index contributed by atoms with van der Waals surface area (Å²) < 4.78 is 11.9. The summed E-state index contributed by atoms with van der Waals surface area (Å²) in [5.41, 5.74) is 0.507. The fraction of sp³-hybridized carbons (Fsp3) is 0.818. The maximum Gasteiger partial charge on any atom is 0.186 e. The Morgan fingerprint density at radius 1 is 1.19 bits per heavy atom. The van der Waals surface area contributed by atoms with Gasteiger partial charge in [0.1, 0.15) is 24.4 Å². The maximum absolute atomic E-state index is 9.76. The van der Waals surface area contributed by atoms with E-state index in [0.717, 1.165) is 0 Å². The minimum atomic E-state index is -1.47. The number of ether oxygens (including phenoxy) is 2. The molecule has 0 saturated carbocycles. The minimum Gasteiger partial charge on any atom is -0.394 e. The normalized spacial score (nSPS) is 33.3. The first-order valence-corrected chi connectivity index (χ1v) is 6.48. The van der Waals surface area contributed by atoms with Gasteiger partial charge in [-0.05, 0) is 0 Å². The largest absolute Gasteiger partial charge is 0.394 e.